The highest BCUT2D eigenvalue weighted by atomic mass is 16.3. The maximum absolute atomic E-state index is 12.0. The van der Waals surface area contributed by atoms with Gasteiger partial charge in [-0.05, 0) is 43.5 Å². The minimum absolute atomic E-state index is 0.0742. The van der Waals surface area contributed by atoms with Crippen LogP contribution in [0, 0.1) is 5.92 Å². The van der Waals surface area contributed by atoms with Gasteiger partial charge in [0, 0.05) is 22.8 Å². The second-order valence-corrected chi connectivity index (χ2v) is 4.87. The van der Waals surface area contributed by atoms with E-state index >= 15 is 0 Å². The lowest BCUT2D eigenvalue weighted by Gasteiger charge is -2.14. The molecule has 0 spiro atoms. The van der Waals surface area contributed by atoms with Gasteiger partial charge in [0.05, 0.1) is 12.0 Å². The van der Waals surface area contributed by atoms with E-state index in [0.717, 1.165) is 35.9 Å². The molecule has 0 bridgehead atoms. The van der Waals surface area contributed by atoms with Crippen LogP contribution >= 0.6 is 0 Å². The lowest BCUT2D eigenvalue weighted by molar-refractivity contribution is -0.122. The first-order valence-corrected chi connectivity index (χ1v) is 6.30. The van der Waals surface area contributed by atoms with Crippen molar-refractivity contribution in [3.05, 3.63) is 30.5 Å². The quantitative estimate of drug-likeness (QED) is 0.758. The summed E-state index contributed by atoms with van der Waals surface area (Å²) in [5.74, 6) is -0.332. The van der Waals surface area contributed by atoms with Crippen LogP contribution in [-0.2, 0) is 4.79 Å². The van der Waals surface area contributed by atoms with Gasteiger partial charge < -0.3 is 15.4 Å². The van der Waals surface area contributed by atoms with Crippen LogP contribution in [0.25, 0.3) is 10.9 Å². The minimum Gasteiger partial charge on any atom is -0.392 e. The Labute approximate surface area is 105 Å². The van der Waals surface area contributed by atoms with E-state index in [4.69, 9.17) is 0 Å². The van der Waals surface area contributed by atoms with Crippen molar-refractivity contribution in [3.63, 3.8) is 0 Å². The van der Waals surface area contributed by atoms with Crippen LogP contribution in [0.1, 0.15) is 19.3 Å². The third kappa shape index (κ3) is 1.99. The zero-order valence-electron chi connectivity index (χ0n) is 10.0. The first-order valence-electron chi connectivity index (χ1n) is 6.30. The highest BCUT2D eigenvalue weighted by Gasteiger charge is 2.31. The maximum atomic E-state index is 12.0. The predicted molar refractivity (Wildman–Crippen MR) is 70.3 cm³/mol. The van der Waals surface area contributed by atoms with Crippen LogP contribution in [0.3, 0.4) is 0 Å². The lowest BCUT2D eigenvalue weighted by atomic mass is 10.1. The van der Waals surface area contributed by atoms with Crippen LogP contribution in [0.5, 0.6) is 0 Å². The SMILES string of the molecule is O=C(Nc1ccc2[nH]ccc2c1)C1CCCC1O. The summed E-state index contributed by atoms with van der Waals surface area (Å²) in [7, 11) is 0. The topological polar surface area (TPSA) is 65.1 Å². The Balaban J connectivity index is 1.77. The molecule has 3 N–H and O–H groups in total. The first kappa shape index (κ1) is 11.3. The van der Waals surface area contributed by atoms with Gasteiger partial charge in [0.2, 0.25) is 5.91 Å². The molecule has 2 aromatic rings. The number of aromatic nitrogens is 1. The predicted octanol–water partition coefficient (Wildman–Crippen LogP) is 2.27. The van der Waals surface area contributed by atoms with E-state index in [9.17, 15) is 9.90 Å². The highest BCUT2D eigenvalue weighted by molar-refractivity contribution is 5.95. The zero-order chi connectivity index (χ0) is 12.5. The van der Waals surface area contributed by atoms with Gasteiger partial charge in [-0.3, -0.25) is 4.79 Å². The first-order chi connectivity index (χ1) is 8.74. The third-order valence-electron chi connectivity index (χ3n) is 3.64. The summed E-state index contributed by atoms with van der Waals surface area (Å²) in [5, 5.41) is 13.7. The fourth-order valence-corrected chi connectivity index (χ4v) is 2.61. The van der Waals surface area contributed by atoms with Gasteiger partial charge in [-0.1, -0.05) is 0 Å². The van der Waals surface area contributed by atoms with Crippen molar-refractivity contribution in [1.29, 1.82) is 0 Å². The van der Waals surface area contributed by atoms with E-state index in [-0.39, 0.29) is 11.8 Å². The number of carbonyl (C=O) groups is 1. The maximum Gasteiger partial charge on any atom is 0.230 e. The molecule has 0 aliphatic heterocycles. The van der Waals surface area contributed by atoms with Crippen LogP contribution in [0.15, 0.2) is 30.5 Å². The largest absolute Gasteiger partial charge is 0.392 e. The van der Waals surface area contributed by atoms with Gasteiger partial charge in [-0.25, -0.2) is 0 Å². The molecule has 0 saturated heterocycles. The molecular weight excluding hydrogens is 228 g/mol. The summed E-state index contributed by atoms with van der Waals surface area (Å²) in [4.78, 5) is 15.1. The second-order valence-electron chi connectivity index (χ2n) is 4.87. The van der Waals surface area contributed by atoms with Crippen LogP contribution in [0.2, 0.25) is 0 Å². The Morgan fingerprint density at radius 1 is 1.33 bits per heavy atom. The van der Waals surface area contributed by atoms with Crippen molar-refractivity contribution in [1.82, 2.24) is 4.98 Å². The van der Waals surface area contributed by atoms with Crippen LogP contribution < -0.4 is 5.32 Å². The molecule has 1 aliphatic rings. The zero-order valence-corrected chi connectivity index (χ0v) is 10.0. The fourth-order valence-electron chi connectivity index (χ4n) is 2.61. The summed E-state index contributed by atoms with van der Waals surface area (Å²) in [6.07, 6.45) is 3.82. The molecule has 0 radical (unpaired) electrons. The summed E-state index contributed by atoms with van der Waals surface area (Å²) in [6, 6.07) is 7.72. The van der Waals surface area contributed by atoms with Crippen molar-refractivity contribution in [2.75, 3.05) is 5.32 Å². The van der Waals surface area contributed by atoms with E-state index < -0.39 is 6.10 Å². The lowest BCUT2D eigenvalue weighted by Crippen LogP contribution is -2.28. The van der Waals surface area contributed by atoms with Crippen molar-refractivity contribution in [3.8, 4) is 0 Å². The number of aromatic amines is 1. The van der Waals surface area contributed by atoms with E-state index in [0.29, 0.717) is 0 Å². The number of rotatable bonds is 2. The molecule has 1 aromatic carbocycles. The Hall–Kier alpha value is -1.81. The number of aliphatic hydroxyl groups excluding tert-OH is 1. The highest BCUT2D eigenvalue weighted by Crippen LogP contribution is 2.27. The number of carbonyl (C=O) groups excluding carboxylic acids is 1. The Bertz CT molecular complexity index is 576. The molecule has 1 aromatic heterocycles. The minimum atomic E-state index is -0.485. The van der Waals surface area contributed by atoms with Gasteiger partial charge in [-0.15, -0.1) is 0 Å². The summed E-state index contributed by atoms with van der Waals surface area (Å²) in [6.45, 7) is 0. The molecule has 1 amide bonds. The van der Waals surface area contributed by atoms with Crippen LogP contribution in [-0.4, -0.2) is 22.1 Å². The van der Waals surface area contributed by atoms with Gasteiger partial charge in [-0.2, -0.15) is 0 Å². The normalized spacial score (nSPS) is 23.4. The smallest absolute Gasteiger partial charge is 0.230 e. The molecule has 4 heteroatoms. The standard InChI is InChI=1S/C14H16N2O2/c17-13-3-1-2-11(13)14(18)16-10-4-5-12-9(8-10)6-7-15-12/h4-8,11,13,15,17H,1-3H2,(H,16,18). The average molecular weight is 244 g/mol. The number of benzene rings is 1. The molecule has 1 fully saturated rings. The number of H-pyrrole nitrogens is 1. The molecule has 2 unspecified atom stereocenters. The number of fused-ring (bicyclic) bond motifs is 1. The van der Waals surface area contributed by atoms with E-state index in [1.54, 1.807) is 0 Å². The van der Waals surface area contributed by atoms with E-state index in [1.807, 2.05) is 30.5 Å². The monoisotopic (exact) mass is 244 g/mol. The van der Waals surface area contributed by atoms with Gasteiger partial charge >= 0.3 is 0 Å². The molecule has 1 saturated carbocycles. The van der Waals surface area contributed by atoms with Gasteiger partial charge in [0.15, 0.2) is 0 Å². The van der Waals surface area contributed by atoms with Crippen LogP contribution in [0.4, 0.5) is 5.69 Å². The molecule has 4 nitrogen and oxygen atoms in total. The number of anilines is 1. The molecule has 1 aliphatic carbocycles. The molecule has 3 rings (SSSR count). The van der Waals surface area contributed by atoms with Gasteiger partial charge in [0.1, 0.15) is 0 Å². The molecular formula is C14H16N2O2. The number of nitrogens with one attached hydrogen (secondary N) is 2. The fraction of sp³-hybridized carbons (Fsp3) is 0.357. The van der Waals surface area contributed by atoms with E-state index in [2.05, 4.69) is 10.3 Å². The summed E-state index contributed by atoms with van der Waals surface area (Å²) < 4.78 is 0. The van der Waals surface area contributed by atoms with Crippen molar-refractivity contribution >= 4 is 22.5 Å². The number of hydrogen-bond acceptors (Lipinski definition) is 2. The third-order valence-corrected chi connectivity index (χ3v) is 3.64. The summed E-state index contributed by atoms with van der Waals surface area (Å²) >= 11 is 0. The van der Waals surface area contributed by atoms with E-state index in [1.165, 1.54) is 0 Å². The molecule has 18 heavy (non-hydrogen) atoms. The Morgan fingerprint density at radius 2 is 2.22 bits per heavy atom. The van der Waals surface area contributed by atoms with Crippen molar-refractivity contribution in [2.24, 2.45) is 5.92 Å². The second kappa shape index (κ2) is 4.46. The number of hydrogen-bond donors (Lipinski definition) is 3. The average Bonchev–Trinajstić information content (AvgIpc) is 2.96. The summed E-state index contributed by atoms with van der Waals surface area (Å²) in [5.41, 5.74) is 1.83. The van der Waals surface area contributed by atoms with Crippen molar-refractivity contribution in [2.45, 2.75) is 25.4 Å². The molecule has 1 heterocycles. The number of amides is 1. The molecule has 2 atom stereocenters. The molecule has 94 valence electrons. The number of aliphatic hydroxyl groups is 1. The van der Waals surface area contributed by atoms with Gasteiger partial charge in [0.25, 0.3) is 0 Å². The Kier molecular flexibility index (Phi) is 2.80. The Morgan fingerprint density at radius 3 is 3.00 bits per heavy atom. The van der Waals surface area contributed by atoms with Crippen molar-refractivity contribution < 1.29 is 9.90 Å².